The van der Waals surface area contributed by atoms with Gasteiger partial charge >= 0.3 is 11.9 Å². The fourth-order valence-corrected chi connectivity index (χ4v) is 7.69. The summed E-state index contributed by atoms with van der Waals surface area (Å²) in [5.74, 6) is -3.60. The Kier molecular flexibility index (Phi) is 4.92. The highest BCUT2D eigenvalue weighted by Crippen LogP contribution is 2.66. The molecule has 0 spiro atoms. The minimum atomic E-state index is -3.61. The smallest absolute Gasteiger partial charge is 0.374 e. The Morgan fingerprint density at radius 3 is 2.64 bits per heavy atom. The second-order valence-corrected chi connectivity index (χ2v) is 10.5. The van der Waals surface area contributed by atoms with E-state index >= 15 is 0 Å². The van der Waals surface area contributed by atoms with Crippen LogP contribution in [0.15, 0.2) is 11.6 Å². The number of carboxylic acid groups (broad SMARTS) is 1. The van der Waals surface area contributed by atoms with Gasteiger partial charge in [0.2, 0.25) is 0 Å². The number of hydrogen-bond acceptors (Lipinski definition) is 2. The number of allylic oxidation sites excluding steroid dienone is 1. The first-order valence-corrected chi connectivity index (χ1v) is 11.1. The molecule has 0 heterocycles. The third-order valence-electron chi connectivity index (χ3n) is 9.39. The van der Waals surface area contributed by atoms with E-state index in [1.54, 1.807) is 0 Å². The number of aliphatic hydroxyl groups excluding tert-OH is 1. The standard InChI is InChI=1S/C23H34F2O3/c1-21-11-9-19-17(5-3-15-13-16(26)8-10-22(15,19)2)18(21)6-4-14(21)7-12-23(24,25)20(27)28/h3,14,16-19,26H,4-13H2,1-2H3,(H,27,28)/t14?,16?,17-,18?,19?,21?,22?/m0/s1. The van der Waals surface area contributed by atoms with Crippen molar-refractivity contribution in [2.45, 2.75) is 90.1 Å². The quantitative estimate of drug-likeness (QED) is 0.623. The van der Waals surface area contributed by atoms with Crippen LogP contribution in [0.2, 0.25) is 0 Å². The van der Waals surface area contributed by atoms with Gasteiger partial charge in [-0.25, -0.2) is 4.79 Å². The van der Waals surface area contributed by atoms with Gasteiger partial charge in [0.05, 0.1) is 6.10 Å². The van der Waals surface area contributed by atoms with Crippen LogP contribution in [-0.2, 0) is 4.79 Å². The summed E-state index contributed by atoms with van der Waals surface area (Å²) in [5.41, 5.74) is 1.70. The summed E-state index contributed by atoms with van der Waals surface area (Å²) in [5, 5.41) is 18.9. The van der Waals surface area contributed by atoms with Crippen molar-refractivity contribution in [3.63, 3.8) is 0 Å². The van der Waals surface area contributed by atoms with Gasteiger partial charge in [-0.15, -0.1) is 0 Å². The number of rotatable bonds is 4. The topological polar surface area (TPSA) is 57.5 Å². The normalized spacial score (nSPS) is 45.6. The first kappa shape index (κ1) is 20.3. The van der Waals surface area contributed by atoms with E-state index in [1.165, 1.54) is 5.57 Å². The molecule has 2 N–H and O–H groups in total. The monoisotopic (exact) mass is 396 g/mol. The van der Waals surface area contributed by atoms with Gasteiger partial charge in [0, 0.05) is 6.42 Å². The Bertz CT molecular complexity index is 675. The first-order valence-electron chi connectivity index (χ1n) is 11.1. The molecule has 0 amide bonds. The fourth-order valence-electron chi connectivity index (χ4n) is 7.69. The number of aliphatic hydroxyl groups is 1. The average Bonchev–Trinajstić information content (AvgIpc) is 2.97. The van der Waals surface area contributed by atoms with Gasteiger partial charge in [0.15, 0.2) is 0 Å². The maximum Gasteiger partial charge on any atom is 0.374 e. The van der Waals surface area contributed by atoms with Crippen molar-refractivity contribution in [3.8, 4) is 0 Å². The van der Waals surface area contributed by atoms with Crippen LogP contribution in [0.1, 0.15) is 78.1 Å². The lowest BCUT2D eigenvalue weighted by Gasteiger charge is -2.58. The number of halogens is 2. The van der Waals surface area contributed by atoms with E-state index < -0.39 is 18.3 Å². The van der Waals surface area contributed by atoms with E-state index in [0.29, 0.717) is 24.2 Å². The van der Waals surface area contributed by atoms with Crippen molar-refractivity contribution < 1.29 is 23.8 Å². The zero-order valence-corrected chi connectivity index (χ0v) is 17.1. The van der Waals surface area contributed by atoms with Gasteiger partial charge < -0.3 is 10.2 Å². The van der Waals surface area contributed by atoms with Gasteiger partial charge in [-0.05, 0) is 92.3 Å². The molecule has 7 atom stereocenters. The van der Waals surface area contributed by atoms with Crippen LogP contribution < -0.4 is 0 Å². The molecular weight excluding hydrogens is 362 g/mol. The van der Waals surface area contributed by atoms with Gasteiger partial charge in [-0.2, -0.15) is 8.78 Å². The van der Waals surface area contributed by atoms with Crippen molar-refractivity contribution in [3.05, 3.63) is 11.6 Å². The molecule has 0 bridgehead atoms. The Morgan fingerprint density at radius 2 is 1.93 bits per heavy atom. The molecule has 6 unspecified atom stereocenters. The maximum absolute atomic E-state index is 13.7. The van der Waals surface area contributed by atoms with E-state index in [0.717, 1.165) is 51.4 Å². The maximum atomic E-state index is 13.7. The van der Waals surface area contributed by atoms with Crippen LogP contribution in [0.5, 0.6) is 0 Å². The SMILES string of the molecule is CC12CCC(O)CC1=CC[C@@H]1C2CCC2(C)C(CCC(F)(F)C(=O)O)CCC12. The second kappa shape index (κ2) is 6.78. The van der Waals surface area contributed by atoms with Crippen LogP contribution in [-0.4, -0.2) is 28.2 Å². The summed E-state index contributed by atoms with van der Waals surface area (Å²) in [6.07, 6.45) is 10.0. The number of carbonyl (C=O) groups is 1. The summed E-state index contributed by atoms with van der Waals surface area (Å²) >= 11 is 0. The highest BCUT2D eigenvalue weighted by atomic mass is 19.3. The molecule has 0 radical (unpaired) electrons. The number of aliphatic carboxylic acids is 1. The molecule has 0 aromatic heterocycles. The molecular formula is C23H34F2O3. The molecule has 0 aromatic rings. The molecule has 3 fully saturated rings. The number of carboxylic acids is 1. The predicted octanol–water partition coefficient (Wildman–Crippen LogP) is 5.43. The lowest BCUT2D eigenvalue weighted by molar-refractivity contribution is -0.166. The Hall–Kier alpha value is -0.970. The third-order valence-corrected chi connectivity index (χ3v) is 9.39. The zero-order chi connectivity index (χ0) is 20.3. The molecule has 0 aliphatic heterocycles. The van der Waals surface area contributed by atoms with Crippen LogP contribution in [0.25, 0.3) is 0 Å². The Labute approximate surface area is 166 Å². The summed E-state index contributed by atoms with van der Waals surface area (Å²) in [4.78, 5) is 10.8. The molecule has 4 aliphatic carbocycles. The third kappa shape index (κ3) is 3.03. The van der Waals surface area contributed by atoms with Gasteiger partial charge in [-0.1, -0.05) is 25.5 Å². The zero-order valence-electron chi connectivity index (χ0n) is 17.1. The molecule has 5 heteroatoms. The van der Waals surface area contributed by atoms with Crippen molar-refractivity contribution in [2.75, 3.05) is 0 Å². The molecule has 4 aliphatic rings. The van der Waals surface area contributed by atoms with Gasteiger partial charge in [0.25, 0.3) is 0 Å². The minimum Gasteiger partial charge on any atom is -0.477 e. The van der Waals surface area contributed by atoms with Crippen LogP contribution >= 0.6 is 0 Å². The van der Waals surface area contributed by atoms with Gasteiger partial charge in [0.1, 0.15) is 0 Å². The second-order valence-electron chi connectivity index (χ2n) is 10.5. The van der Waals surface area contributed by atoms with Crippen molar-refractivity contribution in [2.24, 2.45) is 34.5 Å². The van der Waals surface area contributed by atoms with Crippen LogP contribution in [0.3, 0.4) is 0 Å². The summed E-state index contributed by atoms with van der Waals surface area (Å²) < 4.78 is 27.3. The van der Waals surface area contributed by atoms with E-state index in [2.05, 4.69) is 19.9 Å². The molecule has 3 nitrogen and oxygen atoms in total. The molecule has 28 heavy (non-hydrogen) atoms. The Balaban J connectivity index is 1.51. The highest BCUT2D eigenvalue weighted by molar-refractivity contribution is 5.75. The Morgan fingerprint density at radius 1 is 1.18 bits per heavy atom. The first-order chi connectivity index (χ1) is 13.1. The lowest BCUT2D eigenvalue weighted by atomic mass is 9.47. The molecule has 3 saturated carbocycles. The number of alkyl halides is 2. The van der Waals surface area contributed by atoms with E-state index in [-0.39, 0.29) is 22.9 Å². The number of hydrogen-bond donors (Lipinski definition) is 2. The van der Waals surface area contributed by atoms with Gasteiger partial charge in [-0.3, -0.25) is 0 Å². The van der Waals surface area contributed by atoms with Crippen molar-refractivity contribution in [1.29, 1.82) is 0 Å². The summed E-state index contributed by atoms with van der Waals surface area (Å²) in [7, 11) is 0. The van der Waals surface area contributed by atoms with Crippen molar-refractivity contribution >= 4 is 5.97 Å². The lowest BCUT2D eigenvalue weighted by Crippen LogP contribution is -2.50. The molecule has 4 rings (SSSR count). The largest absolute Gasteiger partial charge is 0.477 e. The summed E-state index contributed by atoms with van der Waals surface area (Å²) in [6, 6.07) is 0. The summed E-state index contributed by atoms with van der Waals surface area (Å²) in [6.45, 7) is 4.68. The highest BCUT2D eigenvalue weighted by Gasteiger charge is 2.58. The van der Waals surface area contributed by atoms with E-state index in [1.807, 2.05) is 0 Å². The fraction of sp³-hybridized carbons (Fsp3) is 0.870. The van der Waals surface area contributed by atoms with E-state index in [4.69, 9.17) is 5.11 Å². The molecule has 0 aromatic carbocycles. The van der Waals surface area contributed by atoms with Crippen molar-refractivity contribution in [1.82, 2.24) is 0 Å². The van der Waals surface area contributed by atoms with Crippen LogP contribution in [0.4, 0.5) is 8.78 Å². The van der Waals surface area contributed by atoms with E-state index in [9.17, 15) is 18.7 Å². The predicted molar refractivity (Wildman–Crippen MR) is 103 cm³/mol. The number of fused-ring (bicyclic) bond motifs is 5. The van der Waals surface area contributed by atoms with Crippen LogP contribution in [0, 0.1) is 34.5 Å². The average molecular weight is 397 g/mol. The molecule has 0 saturated heterocycles. The minimum absolute atomic E-state index is 0.0611. The molecule has 158 valence electrons.